The van der Waals surface area contributed by atoms with E-state index in [4.69, 9.17) is 10.5 Å². The van der Waals surface area contributed by atoms with Crippen LogP contribution in [0.5, 0.6) is 0 Å². The van der Waals surface area contributed by atoms with Gasteiger partial charge < -0.3 is 30.4 Å². The summed E-state index contributed by atoms with van der Waals surface area (Å²) in [6.07, 6.45) is 0.641. The van der Waals surface area contributed by atoms with Crippen molar-refractivity contribution < 1.29 is 20.1 Å². The Hall–Kier alpha value is -2.25. The second-order valence-electron chi connectivity index (χ2n) is 6.19. The Bertz CT molecular complexity index is 961. The van der Waals surface area contributed by atoms with Gasteiger partial charge >= 0.3 is 0 Å². The number of fused-ring (bicyclic) bond motifs is 1. The predicted molar refractivity (Wildman–Crippen MR) is 95.5 cm³/mol. The van der Waals surface area contributed by atoms with Crippen LogP contribution in [0.2, 0.25) is 0 Å². The summed E-state index contributed by atoms with van der Waals surface area (Å²) < 4.78 is 9.19. The Balaban J connectivity index is 1.52. The number of anilines is 1. The standard InChI is InChI=1S/C15H19N7O4S/c1-21-7(3-23)2-17-15(21)27-4-8-10(24)11(25)14(26-8)22-6-20-9-12(16)18-5-19-13(9)22/h2,5-6,8,10-11,14,23-25H,3-4H2,1H3,(H2,16,18,19)/t8?,10-,11-,14?/m1/s1. The first-order chi connectivity index (χ1) is 13.0. The van der Waals surface area contributed by atoms with E-state index >= 15 is 0 Å². The van der Waals surface area contributed by atoms with Crippen LogP contribution in [0, 0.1) is 0 Å². The van der Waals surface area contributed by atoms with Gasteiger partial charge in [0.15, 0.2) is 22.8 Å². The number of nitrogen functional groups attached to an aromatic ring is 1. The van der Waals surface area contributed by atoms with Crippen molar-refractivity contribution in [2.24, 2.45) is 7.05 Å². The Morgan fingerprint density at radius 3 is 2.78 bits per heavy atom. The van der Waals surface area contributed by atoms with Crippen molar-refractivity contribution in [3.05, 3.63) is 24.5 Å². The van der Waals surface area contributed by atoms with E-state index in [0.29, 0.717) is 27.8 Å². The molecule has 4 heterocycles. The quantitative estimate of drug-likeness (QED) is 0.398. The van der Waals surface area contributed by atoms with Gasteiger partial charge in [0, 0.05) is 12.8 Å². The second kappa shape index (κ2) is 7.05. The summed E-state index contributed by atoms with van der Waals surface area (Å²) in [4.78, 5) is 16.4. The number of aromatic nitrogens is 6. The van der Waals surface area contributed by atoms with Gasteiger partial charge in [0.25, 0.3) is 0 Å². The van der Waals surface area contributed by atoms with E-state index in [1.807, 2.05) is 0 Å². The minimum absolute atomic E-state index is 0.105. The van der Waals surface area contributed by atoms with Gasteiger partial charge in [-0.3, -0.25) is 4.57 Å². The lowest BCUT2D eigenvalue weighted by atomic mass is 10.1. The van der Waals surface area contributed by atoms with Crippen LogP contribution in [0.1, 0.15) is 11.9 Å². The van der Waals surface area contributed by atoms with Gasteiger partial charge in [0.05, 0.1) is 30.9 Å². The smallest absolute Gasteiger partial charge is 0.168 e. The molecule has 1 aliphatic rings. The fraction of sp³-hybridized carbons (Fsp3) is 0.467. The van der Waals surface area contributed by atoms with Crippen LogP contribution in [0.25, 0.3) is 11.2 Å². The van der Waals surface area contributed by atoms with E-state index in [9.17, 15) is 15.3 Å². The summed E-state index contributed by atoms with van der Waals surface area (Å²) in [5, 5.41) is 30.8. The molecule has 1 aliphatic heterocycles. The summed E-state index contributed by atoms with van der Waals surface area (Å²) >= 11 is 1.37. The van der Waals surface area contributed by atoms with Gasteiger partial charge in [-0.1, -0.05) is 11.8 Å². The van der Waals surface area contributed by atoms with Crippen molar-refractivity contribution >= 4 is 28.7 Å². The first-order valence-electron chi connectivity index (χ1n) is 8.20. The molecule has 2 unspecified atom stereocenters. The molecule has 4 rings (SSSR count). The van der Waals surface area contributed by atoms with Gasteiger partial charge in [-0.05, 0) is 0 Å². The molecule has 0 bridgehead atoms. The van der Waals surface area contributed by atoms with Crippen molar-refractivity contribution in [3.8, 4) is 0 Å². The molecule has 0 aliphatic carbocycles. The largest absolute Gasteiger partial charge is 0.390 e. The zero-order valence-electron chi connectivity index (χ0n) is 14.4. The highest BCUT2D eigenvalue weighted by Gasteiger charge is 2.44. The number of imidazole rings is 2. The molecule has 0 amide bonds. The van der Waals surface area contributed by atoms with Crippen molar-refractivity contribution in [1.82, 2.24) is 29.1 Å². The number of aliphatic hydroxyl groups excluding tert-OH is 3. The van der Waals surface area contributed by atoms with E-state index in [1.165, 1.54) is 29.0 Å². The molecule has 3 aromatic rings. The summed E-state index contributed by atoms with van der Waals surface area (Å²) in [6.45, 7) is -0.105. The molecule has 0 spiro atoms. The average molecular weight is 393 g/mol. The maximum Gasteiger partial charge on any atom is 0.168 e. The molecule has 0 radical (unpaired) electrons. The third-order valence-corrected chi connectivity index (χ3v) is 5.71. The third kappa shape index (κ3) is 3.04. The number of hydrogen-bond donors (Lipinski definition) is 4. The summed E-state index contributed by atoms with van der Waals surface area (Å²) in [5.41, 5.74) is 7.30. The van der Waals surface area contributed by atoms with E-state index < -0.39 is 24.5 Å². The fourth-order valence-corrected chi connectivity index (χ4v) is 4.04. The van der Waals surface area contributed by atoms with E-state index in [2.05, 4.69) is 19.9 Å². The van der Waals surface area contributed by atoms with E-state index in [1.54, 1.807) is 17.8 Å². The molecule has 3 aromatic heterocycles. The Morgan fingerprint density at radius 1 is 1.22 bits per heavy atom. The summed E-state index contributed by atoms with van der Waals surface area (Å²) in [7, 11) is 1.80. The van der Waals surface area contributed by atoms with Crippen LogP contribution in [-0.2, 0) is 18.4 Å². The highest BCUT2D eigenvalue weighted by Crippen LogP contribution is 2.34. The molecule has 0 saturated carbocycles. The Morgan fingerprint density at radius 2 is 2.04 bits per heavy atom. The second-order valence-corrected chi connectivity index (χ2v) is 7.18. The van der Waals surface area contributed by atoms with E-state index in [0.717, 1.165) is 0 Å². The van der Waals surface area contributed by atoms with Crippen molar-refractivity contribution in [3.63, 3.8) is 0 Å². The molecule has 4 atom stereocenters. The first-order valence-corrected chi connectivity index (χ1v) is 9.18. The molecule has 0 aromatic carbocycles. The maximum atomic E-state index is 10.5. The molecule has 12 heteroatoms. The first kappa shape index (κ1) is 18.1. The zero-order chi connectivity index (χ0) is 19.1. The lowest BCUT2D eigenvalue weighted by Gasteiger charge is -2.16. The van der Waals surface area contributed by atoms with Crippen LogP contribution in [0.15, 0.2) is 24.0 Å². The van der Waals surface area contributed by atoms with Gasteiger partial charge in [0.2, 0.25) is 0 Å². The number of ether oxygens (including phenoxy) is 1. The number of hydrogen-bond acceptors (Lipinski definition) is 10. The Kier molecular flexibility index (Phi) is 4.74. The van der Waals surface area contributed by atoms with Crippen LogP contribution < -0.4 is 5.73 Å². The number of nitrogens with two attached hydrogens (primary N) is 1. The van der Waals surface area contributed by atoms with Crippen LogP contribution >= 0.6 is 11.8 Å². The molecular weight excluding hydrogens is 374 g/mol. The lowest BCUT2D eigenvalue weighted by Crippen LogP contribution is -2.32. The molecule has 144 valence electrons. The molecular formula is C15H19N7O4S. The minimum atomic E-state index is -1.15. The Labute approximate surface area is 157 Å². The summed E-state index contributed by atoms with van der Waals surface area (Å²) in [6, 6.07) is 0. The highest BCUT2D eigenvalue weighted by molar-refractivity contribution is 7.99. The number of nitrogens with zero attached hydrogens (tertiary/aromatic N) is 6. The van der Waals surface area contributed by atoms with Gasteiger partial charge in [0.1, 0.15) is 24.1 Å². The normalized spacial score (nSPS) is 25.5. The zero-order valence-corrected chi connectivity index (χ0v) is 15.2. The SMILES string of the molecule is Cn1c(CO)cnc1SCC1OC(n2cnc3c(N)ncnc32)[C@H](O)[C@@H]1O. The molecule has 1 saturated heterocycles. The monoisotopic (exact) mass is 393 g/mol. The van der Waals surface area contributed by atoms with Crippen molar-refractivity contribution in [2.75, 3.05) is 11.5 Å². The topological polar surface area (TPSA) is 157 Å². The molecule has 11 nitrogen and oxygen atoms in total. The van der Waals surface area contributed by atoms with Crippen LogP contribution in [-0.4, -0.2) is 68.5 Å². The van der Waals surface area contributed by atoms with Crippen LogP contribution in [0.3, 0.4) is 0 Å². The van der Waals surface area contributed by atoms with Crippen LogP contribution in [0.4, 0.5) is 5.82 Å². The average Bonchev–Trinajstić information content (AvgIpc) is 3.32. The maximum absolute atomic E-state index is 10.5. The fourth-order valence-electron chi connectivity index (χ4n) is 3.02. The van der Waals surface area contributed by atoms with Crippen molar-refractivity contribution in [1.29, 1.82) is 0 Å². The molecule has 27 heavy (non-hydrogen) atoms. The summed E-state index contributed by atoms with van der Waals surface area (Å²) in [5.74, 6) is 0.599. The van der Waals surface area contributed by atoms with Gasteiger partial charge in [-0.15, -0.1) is 0 Å². The number of aliphatic hydroxyl groups is 3. The highest BCUT2D eigenvalue weighted by atomic mass is 32.2. The van der Waals surface area contributed by atoms with Crippen molar-refractivity contribution in [2.45, 2.75) is 36.3 Å². The molecule has 1 fully saturated rings. The van der Waals surface area contributed by atoms with E-state index in [-0.39, 0.29) is 12.4 Å². The molecule has 5 N–H and O–H groups in total. The third-order valence-electron chi connectivity index (χ3n) is 4.58. The minimum Gasteiger partial charge on any atom is -0.390 e. The number of rotatable bonds is 5. The lowest BCUT2D eigenvalue weighted by molar-refractivity contribution is -0.0289. The van der Waals surface area contributed by atoms with Gasteiger partial charge in [-0.2, -0.15) is 0 Å². The number of thioether (sulfide) groups is 1. The predicted octanol–water partition coefficient (Wildman–Crippen LogP) is -0.954. The van der Waals surface area contributed by atoms with Gasteiger partial charge in [-0.25, -0.2) is 19.9 Å².